The van der Waals surface area contributed by atoms with Gasteiger partial charge >= 0.3 is 0 Å². The molecule has 2 aromatic carbocycles. The first-order chi connectivity index (χ1) is 14.4. The maximum absolute atomic E-state index is 13.1. The predicted molar refractivity (Wildman–Crippen MR) is 126 cm³/mol. The minimum Gasteiger partial charge on any atom is -0.354 e. The number of amides is 2. The number of carbonyl (C=O) groups is 2. The van der Waals surface area contributed by atoms with Crippen LogP contribution in [0.15, 0.2) is 53.4 Å². The summed E-state index contributed by atoms with van der Waals surface area (Å²) in [6.45, 7) is 7.06. The first-order valence-corrected chi connectivity index (χ1v) is 11.8. The third kappa shape index (κ3) is 7.69. The standard InChI is InChI=1S/C24H31ClN2O2S/c1-4-15-26-24(29)22(5-2)27(17-19-8-6-18(3)7-9-19)23(28)14-16-30-21-12-10-20(25)11-13-21/h6-13,22H,4-5,14-17H2,1-3H3,(H,26,29)/t22-/m1/s1. The number of nitrogens with zero attached hydrogens (tertiary/aromatic N) is 1. The molecule has 0 unspecified atom stereocenters. The number of hydrogen-bond donors (Lipinski definition) is 1. The van der Waals surface area contributed by atoms with E-state index in [4.69, 9.17) is 11.6 Å². The molecule has 0 fully saturated rings. The van der Waals surface area contributed by atoms with E-state index in [9.17, 15) is 9.59 Å². The van der Waals surface area contributed by atoms with E-state index in [1.807, 2.05) is 69.3 Å². The van der Waals surface area contributed by atoms with Crippen molar-refractivity contribution in [3.63, 3.8) is 0 Å². The van der Waals surface area contributed by atoms with Gasteiger partial charge in [0.05, 0.1) is 0 Å². The molecule has 162 valence electrons. The average molecular weight is 447 g/mol. The van der Waals surface area contributed by atoms with Gasteiger partial charge in [0.25, 0.3) is 0 Å². The molecule has 0 bridgehead atoms. The summed E-state index contributed by atoms with van der Waals surface area (Å²) >= 11 is 7.55. The molecule has 0 aliphatic rings. The molecule has 0 aromatic heterocycles. The van der Waals surface area contributed by atoms with Crippen LogP contribution in [0.2, 0.25) is 5.02 Å². The van der Waals surface area contributed by atoms with E-state index in [1.165, 1.54) is 5.56 Å². The van der Waals surface area contributed by atoms with E-state index in [-0.39, 0.29) is 11.8 Å². The van der Waals surface area contributed by atoms with Crippen molar-refractivity contribution < 1.29 is 9.59 Å². The minimum atomic E-state index is -0.467. The largest absolute Gasteiger partial charge is 0.354 e. The Kier molecular flexibility index (Phi) is 10.2. The number of carbonyl (C=O) groups excluding carboxylic acids is 2. The van der Waals surface area contributed by atoms with Crippen LogP contribution < -0.4 is 5.32 Å². The fourth-order valence-electron chi connectivity index (χ4n) is 3.11. The Labute approximate surface area is 189 Å². The van der Waals surface area contributed by atoms with E-state index in [2.05, 4.69) is 5.32 Å². The van der Waals surface area contributed by atoms with E-state index >= 15 is 0 Å². The highest BCUT2D eigenvalue weighted by Crippen LogP contribution is 2.22. The summed E-state index contributed by atoms with van der Waals surface area (Å²) in [4.78, 5) is 28.7. The second-order valence-corrected chi connectivity index (χ2v) is 8.88. The van der Waals surface area contributed by atoms with Crippen molar-refractivity contribution in [1.29, 1.82) is 0 Å². The molecular weight excluding hydrogens is 416 g/mol. The zero-order chi connectivity index (χ0) is 21.9. The number of nitrogens with one attached hydrogen (secondary N) is 1. The number of benzene rings is 2. The van der Waals surface area contributed by atoms with Crippen molar-refractivity contribution >= 4 is 35.2 Å². The van der Waals surface area contributed by atoms with E-state index in [0.29, 0.717) is 36.7 Å². The number of hydrogen-bond acceptors (Lipinski definition) is 3. The summed E-state index contributed by atoms with van der Waals surface area (Å²) < 4.78 is 0. The number of rotatable bonds is 11. The number of thioether (sulfide) groups is 1. The molecule has 1 N–H and O–H groups in total. The fraction of sp³-hybridized carbons (Fsp3) is 0.417. The van der Waals surface area contributed by atoms with Crippen molar-refractivity contribution in [2.75, 3.05) is 12.3 Å². The fourth-order valence-corrected chi connectivity index (χ4v) is 4.07. The number of aryl methyl sites for hydroxylation is 1. The molecular formula is C24H31ClN2O2S. The topological polar surface area (TPSA) is 49.4 Å². The van der Waals surface area contributed by atoms with Gasteiger partial charge in [0.15, 0.2) is 0 Å². The molecule has 4 nitrogen and oxygen atoms in total. The molecule has 2 rings (SSSR count). The molecule has 30 heavy (non-hydrogen) atoms. The lowest BCUT2D eigenvalue weighted by Gasteiger charge is -2.30. The Balaban J connectivity index is 2.09. The van der Waals surface area contributed by atoms with E-state index in [1.54, 1.807) is 16.7 Å². The second-order valence-electron chi connectivity index (χ2n) is 7.27. The zero-order valence-electron chi connectivity index (χ0n) is 18.0. The monoisotopic (exact) mass is 446 g/mol. The molecule has 0 heterocycles. The van der Waals surface area contributed by atoms with Gasteiger partial charge in [0.1, 0.15) is 6.04 Å². The van der Waals surface area contributed by atoms with Gasteiger partial charge in [-0.3, -0.25) is 9.59 Å². The summed E-state index contributed by atoms with van der Waals surface area (Å²) in [6, 6.07) is 15.2. The van der Waals surface area contributed by atoms with Crippen LogP contribution >= 0.6 is 23.4 Å². The number of halogens is 1. The SMILES string of the molecule is CCCNC(=O)[C@@H](CC)N(Cc1ccc(C)cc1)C(=O)CCSc1ccc(Cl)cc1. The quantitative estimate of drug-likeness (QED) is 0.466. The van der Waals surface area contributed by atoms with Crippen LogP contribution in [0.3, 0.4) is 0 Å². The molecule has 2 aromatic rings. The highest BCUT2D eigenvalue weighted by Gasteiger charge is 2.28. The van der Waals surface area contributed by atoms with Crippen LogP contribution in [-0.2, 0) is 16.1 Å². The highest BCUT2D eigenvalue weighted by atomic mass is 35.5. The molecule has 0 aliphatic heterocycles. The molecule has 0 spiro atoms. The van der Waals surface area contributed by atoms with Gasteiger partial charge in [0, 0.05) is 35.2 Å². The zero-order valence-corrected chi connectivity index (χ0v) is 19.6. The summed E-state index contributed by atoms with van der Waals surface area (Å²) in [5.74, 6) is 0.568. The maximum Gasteiger partial charge on any atom is 0.242 e. The van der Waals surface area contributed by atoms with Gasteiger partial charge < -0.3 is 10.2 Å². The van der Waals surface area contributed by atoms with E-state index in [0.717, 1.165) is 16.9 Å². The minimum absolute atomic E-state index is 0.00413. The summed E-state index contributed by atoms with van der Waals surface area (Å²) in [6.07, 6.45) is 1.82. The Morgan fingerprint density at radius 3 is 2.33 bits per heavy atom. The Bertz CT molecular complexity index is 809. The normalized spacial score (nSPS) is 11.7. The van der Waals surface area contributed by atoms with Crippen LogP contribution in [0.1, 0.15) is 44.2 Å². The van der Waals surface area contributed by atoms with Crippen molar-refractivity contribution in [1.82, 2.24) is 10.2 Å². The first-order valence-electron chi connectivity index (χ1n) is 10.5. The Hall–Kier alpha value is -1.98. The molecule has 0 saturated carbocycles. The average Bonchev–Trinajstić information content (AvgIpc) is 2.74. The third-order valence-electron chi connectivity index (χ3n) is 4.81. The molecule has 0 aliphatic carbocycles. The van der Waals surface area contributed by atoms with E-state index < -0.39 is 6.04 Å². The van der Waals surface area contributed by atoms with Crippen molar-refractivity contribution in [2.24, 2.45) is 0 Å². The van der Waals surface area contributed by atoms with Gasteiger partial charge in [-0.05, 0) is 49.6 Å². The smallest absolute Gasteiger partial charge is 0.242 e. The van der Waals surface area contributed by atoms with Gasteiger partial charge in [-0.1, -0.05) is 55.3 Å². The summed E-state index contributed by atoms with van der Waals surface area (Å²) in [7, 11) is 0. The van der Waals surface area contributed by atoms with Crippen LogP contribution in [0.25, 0.3) is 0 Å². The first kappa shape index (κ1) is 24.3. The van der Waals surface area contributed by atoms with Crippen molar-refractivity contribution in [3.05, 3.63) is 64.7 Å². The lowest BCUT2D eigenvalue weighted by Crippen LogP contribution is -2.49. The van der Waals surface area contributed by atoms with Gasteiger partial charge in [0.2, 0.25) is 11.8 Å². The highest BCUT2D eigenvalue weighted by molar-refractivity contribution is 7.99. The van der Waals surface area contributed by atoms with Gasteiger partial charge in [-0.2, -0.15) is 0 Å². The summed E-state index contributed by atoms with van der Waals surface area (Å²) in [5.41, 5.74) is 2.20. The van der Waals surface area contributed by atoms with Crippen molar-refractivity contribution in [2.45, 2.75) is 57.5 Å². The summed E-state index contributed by atoms with van der Waals surface area (Å²) in [5, 5.41) is 3.65. The third-order valence-corrected chi connectivity index (χ3v) is 6.07. The lowest BCUT2D eigenvalue weighted by molar-refractivity contribution is -0.141. The molecule has 0 radical (unpaired) electrons. The van der Waals surface area contributed by atoms with Crippen LogP contribution in [-0.4, -0.2) is 35.1 Å². The molecule has 1 atom stereocenters. The second kappa shape index (κ2) is 12.7. The van der Waals surface area contributed by atoms with Gasteiger partial charge in [-0.15, -0.1) is 11.8 Å². The van der Waals surface area contributed by atoms with Crippen LogP contribution in [0, 0.1) is 6.92 Å². The maximum atomic E-state index is 13.1. The lowest BCUT2D eigenvalue weighted by atomic mass is 10.1. The Morgan fingerprint density at radius 2 is 1.73 bits per heavy atom. The predicted octanol–water partition coefficient (Wildman–Crippen LogP) is 5.46. The van der Waals surface area contributed by atoms with Crippen LogP contribution in [0.5, 0.6) is 0 Å². The van der Waals surface area contributed by atoms with Crippen molar-refractivity contribution in [3.8, 4) is 0 Å². The molecule has 0 saturated heterocycles. The Morgan fingerprint density at radius 1 is 1.07 bits per heavy atom. The molecule has 2 amide bonds. The molecule has 6 heteroatoms. The van der Waals surface area contributed by atoms with Gasteiger partial charge in [-0.25, -0.2) is 0 Å². The van der Waals surface area contributed by atoms with Crippen LogP contribution in [0.4, 0.5) is 0 Å².